The fourth-order valence-electron chi connectivity index (χ4n) is 2.90. The number of rotatable bonds is 5. The number of carbonyl (C=O) groups excluding carboxylic acids is 1. The topological polar surface area (TPSA) is 26.8 Å². The third-order valence-electron chi connectivity index (χ3n) is 4.79. The first-order valence-electron chi connectivity index (χ1n) is 8.62. The standard InChI is InChI=1S/C19H29N3O/c1-5-16(3)20(4)19(23)22(6-2)18-12-10-17(11-13-18)21-14-8-7-9-15-21/h6,10-13,16H,2,5,7-9,14-15H2,1,3-4H3. The second kappa shape index (κ2) is 8.04. The molecule has 4 heteroatoms. The monoisotopic (exact) mass is 315 g/mol. The first-order chi connectivity index (χ1) is 11.1. The van der Waals surface area contributed by atoms with E-state index < -0.39 is 0 Å². The van der Waals surface area contributed by atoms with Crippen molar-refractivity contribution in [2.24, 2.45) is 0 Å². The van der Waals surface area contributed by atoms with Gasteiger partial charge in [0.15, 0.2) is 0 Å². The summed E-state index contributed by atoms with van der Waals surface area (Å²) in [4.78, 5) is 18.4. The van der Waals surface area contributed by atoms with Crippen LogP contribution in [-0.4, -0.2) is 37.1 Å². The van der Waals surface area contributed by atoms with Crippen LogP contribution in [0.15, 0.2) is 37.0 Å². The van der Waals surface area contributed by atoms with Crippen LogP contribution in [0, 0.1) is 0 Å². The van der Waals surface area contributed by atoms with Gasteiger partial charge in [-0.25, -0.2) is 4.79 Å². The van der Waals surface area contributed by atoms with Crippen molar-refractivity contribution in [3.63, 3.8) is 0 Å². The van der Waals surface area contributed by atoms with Crippen LogP contribution >= 0.6 is 0 Å². The van der Waals surface area contributed by atoms with Gasteiger partial charge in [0.2, 0.25) is 0 Å². The zero-order chi connectivity index (χ0) is 16.8. The zero-order valence-corrected chi connectivity index (χ0v) is 14.7. The first kappa shape index (κ1) is 17.4. The molecule has 1 aromatic carbocycles. The molecule has 126 valence electrons. The van der Waals surface area contributed by atoms with E-state index in [9.17, 15) is 4.79 Å². The largest absolute Gasteiger partial charge is 0.372 e. The molecule has 0 bridgehead atoms. The minimum absolute atomic E-state index is 0.0416. The Bertz CT molecular complexity index is 520. The van der Waals surface area contributed by atoms with E-state index in [0.717, 1.165) is 25.2 Å². The summed E-state index contributed by atoms with van der Waals surface area (Å²) in [7, 11) is 1.84. The number of hydrogen-bond donors (Lipinski definition) is 0. The molecule has 1 aliphatic rings. The summed E-state index contributed by atoms with van der Waals surface area (Å²) in [5.41, 5.74) is 2.10. The molecule has 0 saturated carbocycles. The molecule has 1 heterocycles. The molecule has 1 unspecified atom stereocenters. The van der Waals surface area contributed by atoms with Crippen molar-refractivity contribution in [1.29, 1.82) is 0 Å². The number of carbonyl (C=O) groups is 1. The van der Waals surface area contributed by atoms with Crippen LogP contribution in [-0.2, 0) is 0 Å². The van der Waals surface area contributed by atoms with Crippen LogP contribution in [0.2, 0.25) is 0 Å². The average molecular weight is 315 g/mol. The lowest BCUT2D eigenvalue weighted by Crippen LogP contribution is -2.42. The smallest absolute Gasteiger partial charge is 0.328 e. The maximum atomic E-state index is 12.6. The molecule has 1 saturated heterocycles. The molecule has 0 radical (unpaired) electrons. The van der Waals surface area contributed by atoms with E-state index in [1.54, 1.807) is 16.0 Å². The van der Waals surface area contributed by atoms with Crippen molar-refractivity contribution in [3.8, 4) is 0 Å². The Morgan fingerprint density at radius 3 is 2.39 bits per heavy atom. The Morgan fingerprint density at radius 2 is 1.87 bits per heavy atom. The summed E-state index contributed by atoms with van der Waals surface area (Å²) in [5, 5.41) is 0. The van der Waals surface area contributed by atoms with Crippen LogP contribution in [0.5, 0.6) is 0 Å². The van der Waals surface area contributed by atoms with E-state index in [-0.39, 0.29) is 12.1 Å². The van der Waals surface area contributed by atoms with Crippen molar-refractivity contribution >= 4 is 17.4 Å². The second-order valence-electron chi connectivity index (χ2n) is 6.27. The molecule has 1 aromatic rings. The van der Waals surface area contributed by atoms with Crippen LogP contribution in [0.25, 0.3) is 0 Å². The molecule has 1 aliphatic heterocycles. The minimum atomic E-state index is -0.0416. The number of amides is 2. The minimum Gasteiger partial charge on any atom is -0.372 e. The van der Waals surface area contributed by atoms with Gasteiger partial charge in [-0.2, -0.15) is 0 Å². The Hall–Kier alpha value is -1.97. The van der Waals surface area contributed by atoms with Crippen LogP contribution in [0.1, 0.15) is 39.5 Å². The lowest BCUT2D eigenvalue weighted by Gasteiger charge is -2.31. The molecule has 0 N–H and O–H groups in total. The van der Waals surface area contributed by atoms with E-state index >= 15 is 0 Å². The van der Waals surface area contributed by atoms with Gasteiger partial charge >= 0.3 is 6.03 Å². The van der Waals surface area contributed by atoms with E-state index in [1.165, 1.54) is 24.9 Å². The molecule has 2 amide bonds. The summed E-state index contributed by atoms with van der Waals surface area (Å²) in [6, 6.07) is 8.39. The van der Waals surface area contributed by atoms with Gasteiger partial charge in [-0.3, -0.25) is 4.90 Å². The van der Waals surface area contributed by atoms with Crippen molar-refractivity contribution in [3.05, 3.63) is 37.0 Å². The van der Waals surface area contributed by atoms with Crippen LogP contribution < -0.4 is 9.80 Å². The Kier molecular flexibility index (Phi) is 6.08. The van der Waals surface area contributed by atoms with E-state index in [4.69, 9.17) is 0 Å². The van der Waals surface area contributed by atoms with Gasteiger partial charge in [-0.1, -0.05) is 13.5 Å². The molecule has 1 fully saturated rings. The van der Waals surface area contributed by atoms with E-state index in [1.807, 2.05) is 19.2 Å². The van der Waals surface area contributed by atoms with Gasteiger partial charge < -0.3 is 9.80 Å². The summed E-state index contributed by atoms with van der Waals surface area (Å²) in [6.07, 6.45) is 6.38. The van der Waals surface area contributed by atoms with Crippen molar-refractivity contribution in [2.75, 3.05) is 29.9 Å². The third-order valence-corrected chi connectivity index (χ3v) is 4.79. The fraction of sp³-hybridized carbons (Fsp3) is 0.526. The normalized spacial score (nSPS) is 15.9. The summed E-state index contributed by atoms with van der Waals surface area (Å²) in [6.45, 7) is 10.2. The highest BCUT2D eigenvalue weighted by Gasteiger charge is 2.21. The highest BCUT2D eigenvalue weighted by Crippen LogP contribution is 2.24. The zero-order valence-electron chi connectivity index (χ0n) is 14.7. The molecule has 4 nitrogen and oxygen atoms in total. The lowest BCUT2D eigenvalue weighted by molar-refractivity contribution is 0.202. The highest BCUT2D eigenvalue weighted by atomic mass is 16.2. The third kappa shape index (κ3) is 4.06. The first-order valence-corrected chi connectivity index (χ1v) is 8.62. The Labute approximate surface area is 140 Å². The highest BCUT2D eigenvalue weighted by molar-refractivity contribution is 5.93. The van der Waals surface area contributed by atoms with Crippen molar-refractivity contribution < 1.29 is 4.79 Å². The van der Waals surface area contributed by atoms with Gasteiger partial charge in [-0.15, -0.1) is 0 Å². The SMILES string of the molecule is C=CN(C(=O)N(C)C(C)CC)c1ccc(N2CCCCC2)cc1. The van der Waals surface area contributed by atoms with Gasteiger partial charge in [0.1, 0.15) is 0 Å². The Morgan fingerprint density at radius 1 is 1.26 bits per heavy atom. The summed E-state index contributed by atoms with van der Waals surface area (Å²) < 4.78 is 0. The maximum absolute atomic E-state index is 12.6. The predicted molar refractivity (Wildman–Crippen MR) is 98.1 cm³/mol. The quantitative estimate of drug-likeness (QED) is 0.801. The average Bonchev–Trinajstić information content (AvgIpc) is 2.62. The summed E-state index contributed by atoms with van der Waals surface area (Å²) in [5.74, 6) is 0. The molecular weight excluding hydrogens is 286 g/mol. The number of urea groups is 1. The fourth-order valence-corrected chi connectivity index (χ4v) is 2.90. The number of piperidine rings is 1. The van der Waals surface area contributed by atoms with E-state index in [2.05, 4.69) is 37.5 Å². The molecule has 0 aromatic heterocycles. The second-order valence-corrected chi connectivity index (χ2v) is 6.27. The number of benzene rings is 1. The van der Waals surface area contributed by atoms with E-state index in [0.29, 0.717) is 0 Å². The van der Waals surface area contributed by atoms with Gasteiger partial charge in [0.05, 0.1) is 5.69 Å². The molecule has 0 aliphatic carbocycles. The van der Waals surface area contributed by atoms with Crippen molar-refractivity contribution in [2.45, 2.75) is 45.6 Å². The summed E-state index contributed by atoms with van der Waals surface area (Å²) >= 11 is 0. The molecule has 2 rings (SSSR count). The number of hydrogen-bond acceptors (Lipinski definition) is 2. The van der Waals surface area contributed by atoms with Gasteiger partial charge in [-0.05, 0) is 56.9 Å². The molecule has 0 spiro atoms. The molecular formula is C19H29N3O. The lowest BCUT2D eigenvalue weighted by atomic mass is 10.1. The molecule has 1 atom stereocenters. The van der Waals surface area contributed by atoms with Crippen LogP contribution in [0.3, 0.4) is 0 Å². The number of nitrogens with zero attached hydrogens (tertiary/aromatic N) is 3. The maximum Gasteiger partial charge on any atom is 0.328 e. The van der Waals surface area contributed by atoms with Crippen molar-refractivity contribution in [1.82, 2.24) is 4.90 Å². The number of anilines is 2. The Balaban J connectivity index is 2.12. The van der Waals surface area contributed by atoms with Gasteiger partial charge in [0, 0.05) is 38.1 Å². The molecule has 23 heavy (non-hydrogen) atoms. The predicted octanol–water partition coefficient (Wildman–Crippen LogP) is 4.48. The van der Waals surface area contributed by atoms with Crippen LogP contribution in [0.4, 0.5) is 16.2 Å². The van der Waals surface area contributed by atoms with Gasteiger partial charge in [0.25, 0.3) is 0 Å².